The van der Waals surface area contributed by atoms with E-state index in [1.165, 1.54) is 17.5 Å². The lowest BCUT2D eigenvalue weighted by atomic mass is 10.2. The van der Waals surface area contributed by atoms with Crippen molar-refractivity contribution in [3.8, 4) is 16.3 Å². The fourth-order valence-corrected chi connectivity index (χ4v) is 3.83. The van der Waals surface area contributed by atoms with E-state index in [9.17, 15) is 19.8 Å². The summed E-state index contributed by atoms with van der Waals surface area (Å²) in [5, 5.41) is 22.3. The van der Waals surface area contributed by atoms with Crippen LogP contribution in [0.2, 0.25) is 0 Å². The second-order valence-corrected chi connectivity index (χ2v) is 7.82. The van der Waals surface area contributed by atoms with Crippen LogP contribution in [0.1, 0.15) is 28.1 Å². The third-order valence-electron chi connectivity index (χ3n) is 4.42. The minimum atomic E-state index is -1.09. The minimum absolute atomic E-state index is 0.0631. The number of carboxylic acids is 1. The predicted octanol–water partition coefficient (Wildman–Crippen LogP) is 3.62. The van der Waals surface area contributed by atoms with Gasteiger partial charge in [0.1, 0.15) is 16.3 Å². The number of aryl methyl sites for hydroxylation is 2. The van der Waals surface area contributed by atoms with Crippen LogP contribution in [0.3, 0.4) is 0 Å². The van der Waals surface area contributed by atoms with Gasteiger partial charge in [-0.25, -0.2) is 9.78 Å². The zero-order chi connectivity index (χ0) is 21.5. The Morgan fingerprint density at radius 3 is 2.70 bits per heavy atom. The molecule has 2 heterocycles. The number of hydrogen-bond donors (Lipinski definition) is 3. The zero-order valence-electron chi connectivity index (χ0n) is 16.5. The minimum Gasteiger partial charge on any atom is -0.508 e. The van der Waals surface area contributed by atoms with Crippen molar-refractivity contribution in [2.24, 2.45) is 0 Å². The van der Waals surface area contributed by atoms with Crippen LogP contribution in [0.25, 0.3) is 10.6 Å². The van der Waals surface area contributed by atoms with E-state index in [-0.39, 0.29) is 23.6 Å². The number of aromatic carboxylic acids is 1. The number of nitrogens with one attached hydrogen (secondary N) is 1. The van der Waals surface area contributed by atoms with Gasteiger partial charge in [-0.15, -0.1) is 11.3 Å². The normalized spacial score (nSPS) is 10.8. The number of thiazole rings is 1. The summed E-state index contributed by atoms with van der Waals surface area (Å²) in [6, 6.07) is 6.78. The molecule has 158 valence electrons. The Hall–Kier alpha value is -3.17. The van der Waals surface area contributed by atoms with E-state index in [2.05, 4.69) is 10.3 Å². The van der Waals surface area contributed by atoms with Crippen molar-refractivity contribution in [3.63, 3.8) is 0 Å². The van der Waals surface area contributed by atoms with E-state index in [4.69, 9.17) is 4.74 Å². The van der Waals surface area contributed by atoms with Crippen LogP contribution in [0.4, 0.5) is 5.69 Å². The van der Waals surface area contributed by atoms with Crippen molar-refractivity contribution in [2.75, 3.05) is 19.0 Å². The number of phenols is 1. The second-order valence-electron chi connectivity index (χ2n) is 6.70. The first kappa shape index (κ1) is 21.5. The number of carbonyl (C=O) groups excluding carboxylic acids is 1. The summed E-state index contributed by atoms with van der Waals surface area (Å²) in [4.78, 5) is 29.2. The molecule has 0 saturated heterocycles. The van der Waals surface area contributed by atoms with E-state index in [1.807, 2.05) is 0 Å². The number of aromatic hydroxyl groups is 1. The van der Waals surface area contributed by atoms with E-state index >= 15 is 0 Å². The average molecular weight is 429 g/mol. The standard InChI is InChI=1S/C21H23N3O5S/c1-29-10-2-9-24-12-17(21(27)28)18(13-24)23-19(26)8-7-16-11-22-20(30-16)14-3-5-15(25)6-4-14/h3-6,11-13,25H,2,7-10H2,1H3,(H,23,26)(H,27,28). The van der Waals surface area contributed by atoms with Gasteiger partial charge in [-0.1, -0.05) is 0 Å². The molecule has 0 atom stereocenters. The van der Waals surface area contributed by atoms with Gasteiger partial charge >= 0.3 is 5.97 Å². The van der Waals surface area contributed by atoms with Gasteiger partial charge in [0.05, 0.1) is 5.69 Å². The molecule has 9 heteroatoms. The van der Waals surface area contributed by atoms with Crippen molar-refractivity contribution in [1.29, 1.82) is 0 Å². The van der Waals surface area contributed by atoms with E-state index in [0.717, 1.165) is 21.9 Å². The monoisotopic (exact) mass is 429 g/mol. The molecule has 2 aromatic heterocycles. The van der Waals surface area contributed by atoms with Gasteiger partial charge in [0.15, 0.2) is 0 Å². The SMILES string of the molecule is COCCCn1cc(NC(=O)CCc2cnc(-c3ccc(O)cc3)s2)c(C(=O)O)c1. The number of hydrogen-bond acceptors (Lipinski definition) is 6. The molecule has 1 aromatic carbocycles. The number of nitrogens with zero attached hydrogens (tertiary/aromatic N) is 2. The number of methoxy groups -OCH3 is 1. The third-order valence-corrected chi connectivity index (χ3v) is 5.52. The molecule has 30 heavy (non-hydrogen) atoms. The molecular formula is C21H23N3O5S. The van der Waals surface area contributed by atoms with Crippen LogP contribution in [-0.4, -0.2) is 45.4 Å². The second kappa shape index (κ2) is 10.0. The fraction of sp³-hybridized carbons (Fsp3) is 0.286. The third kappa shape index (κ3) is 5.68. The van der Waals surface area contributed by atoms with Gasteiger partial charge in [-0.05, 0) is 37.1 Å². The summed E-state index contributed by atoms with van der Waals surface area (Å²) in [5.41, 5.74) is 1.25. The molecule has 0 unspecified atom stereocenters. The van der Waals surface area contributed by atoms with Crippen LogP contribution in [-0.2, 0) is 22.5 Å². The lowest BCUT2D eigenvalue weighted by Gasteiger charge is -2.04. The molecule has 0 radical (unpaired) electrons. The number of phenolic OH excluding ortho intramolecular Hbond substituents is 1. The van der Waals surface area contributed by atoms with Crippen molar-refractivity contribution >= 4 is 28.9 Å². The summed E-state index contributed by atoms with van der Waals surface area (Å²) in [7, 11) is 1.61. The molecule has 1 amide bonds. The number of benzene rings is 1. The maximum atomic E-state index is 12.4. The molecule has 3 N–H and O–H groups in total. The van der Waals surface area contributed by atoms with E-state index in [1.54, 1.807) is 48.3 Å². The highest BCUT2D eigenvalue weighted by molar-refractivity contribution is 7.15. The Bertz CT molecular complexity index is 1010. The lowest BCUT2D eigenvalue weighted by Crippen LogP contribution is -2.13. The molecule has 0 aliphatic heterocycles. The topological polar surface area (TPSA) is 114 Å². The Morgan fingerprint density at radius 2 is 2.00 bits per heavy atom. The van der Waals surface area contributed by atoms with Crippen LogP contribution >= 0.6 is 11.3 Å². The van der Waals surface area contributed by atoms with Crippen molar-refractivity contribution < 1.29 is 24.5 Å². The number of ether oxygens (including phenoxy) is 1. The summed E-state index contributed by atoms with van der Waals surface area (Å²) < 4.78 is 6.75. The van der Waals surface area contributed by atoms with Crippen LogP contribution in [0.5, 0.6) is 5.75 Å². The average Bonchev–Trinajstić information content (AvgIpc) is 3.34. The Balaban J connectivity index is 1.58. The first-order valence-electron chi connectivity index (χ1n) is 9.42. The Morgan fingerprint density at radius 1 is 1.23 bits per heavy atom. The van der Waals surface area contributed by atoms with Crippen LogP contribution in [0.15, 0.2) is 42.9 Å². The highest BCUT2D eigenvalue weighted by Gasteiger charge is 2.16. The first-order chi connectivity index (χ1) is 14.5. The summed E-state index contributed by atoms with van der Waals surface area (Å²) in [6.45, 7) is 1.17. The largest absolute Gasteiger partial charge is 0.508 e. The summed E-state index contributed by atoms with van der Waals surface area (Å²) >= 11 is 1.48. The first-order valence-corrected chi connectivity index (χ1v) is 10.2. The van der Waals surface area contributed by atoms with Gasteiger partial charge in [-0.3, -0.25) is 4.79 Å². The summed E-state index contributed by atoms with van der Waals surface area (Å²) in [6.07, 6.45) is 6.33. The molecule has 0 bridgehead atoms. The summed E-state index contributed by atoms with van der Waals surface area (Å²) in [5.74, 6) is -1.15. The smallest absolute Gasteiger partial charge is 0.339 e. The number of amides is 1. The number of anilines is 1. The molecular weight excluding hydrogens is 406 g/mol. The predicted molar refractivity (Wildman–Crippen MR) is 114 cm³/mol. The van der Waals surface area contributed by atoms with Gasteiger partial charge in [0.2, 0.25) is 5.91 Å². The van der Waals surface area contributed by atoms with Gasteiger partial charge in [-0.2, -0.15) is 0 Å². The Kier molecular flexibility index (Phi) is 7.21. The van der Waals surface area contributed by atoms with E-state index < -0.39 is 5.97 Å². The maximum Gasteiger partial charge on any atom is 0.339 e. The van der Waals surface area contributed by atoms with Crippen molar-refractivity contribution in [3.05, 3.63) is 53.3 Å². The molecule has 0 aliphatic carbocycles. The highest BCUT2D eigenvalue weighted by atomic mass is 32.1. The van der Waals surface area contributed by atoms with Crippen molar-refractivity contribution in [1.82, 2.24) is 9.55 Å². The van der Waals surface area contributed by atoms with Gasteiger partial charge in [0.25, 0.3) is 0 Å². The van der Waals surface area contributed by atoms with Gasteiger partial charge in [0, 0.05) is 55.7 Å². The van der Waals surface area contributed by atoms with Gasteiger partial charge < -0.3 is 24.8 Å². The fourth-order valence-electron chi connectivity index (χ4n) is 2.91. The highest BCUT2D eigenvalue weighted by Crippen LogP contribution is 2.27. The van der Waals surface area contributed by atoms with Crippen LogP contribution in [0, 0.1) is 0 Å². The number of aromatic nitrogens is 2. The number of carbonyl (C=O) groups is 2. The molecule has 0 saturated carbocycles. The quantitative estimate of drug-likeness (QED) is 0.424. The maximum absolute atomic E-state index is 12.4. The molecule has 3 aromatic rings. The molecule has 0 fully saturated rings. The Labute approximate surface area is 177 Å². The van der Waals surface area contributed by atoms with Crippen molar-refractivity contribution in [2.45, 2.75) is 25.8 Å². The van der Waals surface area contributed by atoms with Crippen LogP contribution < -0.4 is 5.32 Å². The van der Waals surface area contributed by atoms with E-state index in [0.29, 0.717) is 25.3 Å². The number of rotatable bonds is 10. The molecule has 0 aliphatic rings. The number of carboxylic acid groups (broad SMARTS) is 1. The molecule has 8 nitrogen and oxygen atoms in total. The zero-order valence-corrected chi connectivity index (χ0v) is 17.3. The lowest BCUT2D eigenvalue weighted by molar-refractivity contribution is -0.116. The molecule has 0 spiro atoms. The molecule has 3 rings (SSSR count).